The standard InChI is InChI=1S/C25H33N5O2/c1-18-9-10-26-23(27-18)29-13-19(2)30(20(3)14-29)24(31)32-22-11-25(12-22)16-28(17-25)15-21-7-5-4-6-8-21/h4-10,19-20,22H,11-17H2,1-3H3/t19-,20-/m1/s1. The third kappa shape index (κ3) is 4.18. The van der Waals surface area contributed by atoms with E-state index in [1.165, 1.54) is 5.56 Å². The van der Waals surface area contributed by atoms with Gasteiger partial charge in [0, 0.05) is 50.0 Å². The second-order valence-electron chi connectivity index (χ2n) is 10.1. The molecule has 1 aliphatic carbocycles. The van der Waals surface area contributed by atoms with Crippen LogP contribution < -0.4 is 4.90 Å². The lowest BCUT2D eigenvalue weighted by Gasteiger charge is -2.58. The number of carbonyl (C=O) groups is 1. The van der Waals surface area contributed by atoms with E-state index in [-0.39, 0.29) is 24.3 Å². The Morgan fingerprint density at radius 1 is 1.09 bits per heavy atom. The van der Waals surface area contributed by atoms with Gasteiger partial charge in [0.2, 0.25) is 5.95 Å². The second-order valence-corrected chi connectivity index (χ2v) is 10.1. The molecule has 3 fully saturated rings. The number of anilines is 1. The zero-order chi connectivity index (χ0) is 22.3. The molecule has 1 aromatic carbocycles. The van der Waals surface area contributed by atoms with Crippen molar-refractivity contribution >= 4 is 12.0 Å². The Hall–Kier alpha value is -2.67. The second kappa shape index (κ2) is 8.35. The van der Waals surface area contributed by atoms with Crippen LogP contribution in [0.5, 0.6) is 0 Å². The number of benzene rings is 1. The largest absolute Gasteiger partial charge is 0.446 e. The van der Waals surface area contributed by atoms with Gasteiger partial charge in [0.25, 0.3) is 0 Å². The highest BCUT2D eigenvalue weighted by Crippen LogP contribution is 2.50. The van der Waals surface area contributed by atoms with Gasteiger partial charge in [0.1, 0.15) is 6.10 Å². The summed E-state index contributed by atoms with van der Waals surface area (Å²) in [5.74, 6) is 0.739. The lowest BCUT2D eigenvalue weighted by molar-refractivity contribution is -0.137. The van der Waals surface area contributed by atoms with Crippen molar-refractivity contribution in [1.29, 1.82) is 0 Å². The Bertz CT molecular complexity index is 942. The van der Waals surface area contributed by atoms with Gasteiger partial charge in [0.15, 0.2) is 0 Å². The van der Waals surface area contributed by atoms with Gasteiger partial charge in [-0.05, 0) is 45.2 Å². The molecule has 1 amide bonds. The van der Waals surface area contributed by atoms with Gasteiger partial charge in [0.05, 0.1) is 12.1 Å². The van der Waals surface area contributed by atoms with Crippen LogP contribution >= 0.6 is 0 Å². The normalized spacial score (nSPS) is 25.3. The number of amides is 1. The smallest absolute Gasteiger partial charge is 0.410 e. The summed E-state index contributed by atoms with van der Waals surface area (Å²) in [5, 5.41) is 0. The van der Waals surface area contributed by atoms with Crippen LogP contribution in [0.2, 0.25) is 0 Å². The van der Waals surface area contributed by atoms with Crippen LogP contribution in [0.1, 0.15) is 37.9 Å². The highest BCUT2D eigenvalue weighted by molar-refractivity contribution is 5.69. The summed E-state index contributed by atoms with van der Waals surface area (Å²) in [5.41, 5.74) is 2.68. The minimum atomic E-state index is -0.171. The molecule has 7 heteroatoms. The van der Waals surface area contributed by atoms with E-state index in [0.29, 0.717) is 18.5 Å². The van der Waals surface area contributed by atoms with Crippen molar-refractivity contribution in [3.63, 3.8) is 0 Å². The maximum absolute atomic E-state index is 13.0. The van der Waals surface area contributed by atoms with Crippen molar-refractivity contribution < 1.29 is 9.53 Å². The predicted molar refractivity (Wildman–Crippen MR) is 123 cm³/mol. The van der Waals surface area contributed by atoms with Crippen LogP contribution in [0.4, 0.5) is 10.7 Å². The number of aromatic nitrogens is 2. The summed E-state index contributed by atoms with van der Waals surface area (Å²) in [4.78, 5) is 28.5. The van der Waals surface area contributed by atoms with Crippen LogP contribution in [0.25, 0.3) is 0 Å². The number of carbonyl (C=O) groups excluding carboxylic acids is 1. The van der Waals surface area contributed by atoms with Crippen molar-refractivity contribution in [2.75, 3.05) is 31.1 Å². The molecule has 170 valence electrons. The minimum absolute atomic E-state index is 0.0504. The third-order valence-corrected chi connectivity index (χ3v) is 7.15. The summed E-state index contributed by atoms with van der Waals surface area (Å²) in [7, 11) is 0. The number of hydrogen-bond donors (Lipinski definition) is 0. The van der Waals surface area contributed by atoms with E-state index in [2.05, 4.69) is 63.9 Å². The molecule has 2 saturated heterocycles. The molecule has 1 aromatic heterocycles. The number of rotatable bonds is 4. The van der Waals surface area contributed by atoms with Crippen LogP contribution in [0, 0.1) is 12.3 Å². The van der Waals surface area contributed by atoms with E-state index in [1.54, 1.807) is 6.20 Å². The van der Waals surface area contributed by atoms with E-state index in [9.17, 15) is 4.79 Å². The summed E-state index contributed by atoms with van der Waals surface area (Å²) in [6.07, 6.45) is 3.66. The van der Waals surface area contributed by atoms with Crippen molar-refractivity contribution in [3.05, 3.63) is 53.9 Å². The number of likely N-dealkylation sites (tertiary alicyclic amines) is 1. The quantitative estimate of drug-likeness (QED) is 0.733. The van der Waals surface area contributed by atoms with E-state index >= 15 is 0 Å². The van der Waals surface area contributed by atoms with Gasteiger partial charge < -0.3 is 9.64 Å². The minimum Gasteiger partial charge on any atom is -0.446 e. The lowest BCUT2D eigenvalue weighted by atomic mass is 9.61. The first kappa shape index (κ1) is 21.2. The molecule has 7 nitrogen and oxygen atoms in total. The molecule has 2 aliphatic heterocycles. The van der Waals surface area contributed by atoms with Crippen LogP contribution in [-0.2, 0) is 11.3 Å². The van der Waals surface area contributed by atoms with Gasteiger partial charge in [-0.2, -0.15) is 0 Å². The van der Waals surface area contributed by atoms with Gasteiger partial charge in [-0.3, -0.25) is 9.80 Å². The maximum Gasteiger partial charge on any atom is 0.410 e. The molecule has 0 N–H and O–H groups in total. The van der Waals surface area contributed by atoms with Gasteiger partial charge in [-0.1, -0.05) is 30.3 Å². The van der Waals surface area contributed by atoms with Crippen LogP contribution in [0.15, 0.2) is 42.6 Å². The van der Waals surface area contributed by atoms with Crippen molar-refractivity contribution in [1.82, 2.24) is 19.8 Å². The summed E-state index contributed by atoms with van der Waals surface area (Å²) in [6, 6.07) is 12.6. The van der Waals surface area contributed by atoms with E-state index in [1.807, 2.05) is 17.9 Å². The molecule has 2 aromatic rings. The average molecular weight is 436 g/mol. The molecule has 2 atom stereocenters. The lowest BCUT2D eigenvalue weighted by Crippen LogP contribution is -2.65. The highest BCUT2D eigenvalue weighted by atomic mass is 16.6. The fourth-order valence-corrected chi connectivity index (χ4v) is 5.74. The first-order valence-electron chi connectivity index (χ1n) is 11.7. The van der Waals surface area contributed by atoms with E-state index < -0.39 is 0 Å². The Kier molecular flexibility index (Phi) is 5.53. The number of hydrogen-bond acceptors (Lipinski definition) is 6. The van der Waals surface area contributed by atoms with E-state index in [0.717, 1.165) is 44.1 Å². The van der Waals surface area contributed by atoms with Crippen LogP contribution in [0.3, 0.4) is 0 Å². The third-order valence-electron chi connectivity index (χ3n) is 7.15. The summed E-state index contributed by atoms with van der Waals surface area (Å²) < 4.78 is 5.93. The van der Waals surface area contributed by atoms with E-state index in [4.69, 9.17) is 4.74 Å². The average Bonchev–Trinajstić information content (AvgIpc) is 2.71. The molecule has 0 bridgehead atoms. The Morgan fingerprint density at radius 2 is 1.78 bits per heavy atom. The molecule has 32 heavy (non-hydrogen) atoms. The Labute approximate surface area is 190 Å². The number of ether oxygens (including phenoxy) is 1. The molecular weight excluding hydrogens is 402 g/mol. The Balaban J connectivity index is 1.09. The van der Waals surface area contributed by atoms with Crippen molar-refractivity contribution in [2.45, 2.75) is 58.3 Å². The maximum atomic E-state index is 13.0. The Morgan fingerprint density at radius 3 is 2.44 bits per heavy atom. The first-order valence-corrected chi connectivity index (χ1v) is 11.7. The number of aryl methyl sites for hydroxylation is 1. The van der Waals surface area contributed by atoms with Gasteiger partial charge >= 0.3 is 6.09 Å². The molecule has 1 saturated carbocycles. The zero-order valence-corrected chi connectivity index (χ0v) is 19.3. The highest BCUT2D eigenvalue weighted by Gasteiger charge is 2.54. The fraction of sp³-hybridized carbons (Fsp3) is 0.560. The number of piperazine rings is 1. The zero-order valence-electron chi connectivity index (χ0n) is 19.3. The summed E-state index contributed by atoms with van der Waals surface area (Å²) in [6.45, 7) is 10.8. The van der Waals surface area contributed by atoms with Crippen LogP contribution in [-0.4, -0.2) is 70.2 Å². The molecule has 0 unspecified atom stereocenters. The molecular formula is C25H33N5O2. The SMILES string of the molecule is Cc1ccnc(N2C[C@@H](C)N(C(=O)OC3CC4(C3)CN(Cc3ccccc3)C4)[C@H](C)C2)n1. The topological polar surface area (TPSA) is 61.8 Å². The fourth-order valence-electron chi connectivity index (χ4n) is 5.74. The predicted octanol–water partition coefficient (Wildman–Crippen LogP) is 3.49. The van der Waals surface area contributed by atoms with Gasteiger partial charge in [-0.15, -0.1) is 0 Å². The molecule has 0 radical (unpaired) electrons. The monoisotopic (exact) mass is 435 g/mol. The summed E-state index contributed by atoms with van der Waals surface area (Å²) >= 11 is 0. The first-order chi connectivity index (χ1) is 15.4. The van der Waals surface area contributed by atoms with Crippen molar-refractivity contribution in [3.8, 4) is 0 Å². The molecule has 1 spiro atoms. The molecule has 5 rings (SSSR count). The molecule has 3 heterocycles. The molecule has 3 aliphatic rings. The number of nitrogens with zero attached hydrogens (tertiary/aromatic N) is 5. The van der Waals surface area contributed by atoms with Gasteiger partial charge in [-0.25, -0.2) is 14.8 Å². The van der Waals surface area contributed by atoms with Crippen molar-refractivity contribution in [2.24, 2.45) is 5.41 Å².